The fraction of sp³-hybridized carbons (Fsp3) is 0.227. The monoisotopic (exact) mass is 358 g/mol. The van der Waals surface area contributed by atoms with E-state index in [-0.39, 0.29) is 5.91 Å². The summed E-state index contributed by atoms with van der Waals surface area (Å²) in [6.07, 6.45) is 2.47. The summed E-state index contributed by atoms with van der Waals surface area (Å²) in [6.45, 7) is 4.24. The summed E-state index contributed by atoms with van der Waals surface area (Å²) in [6, 6.07) is 20.0. The zero-order valence-corrected chi connectivity index (χ0v) is 15.4. The Morgan fingerprint density at radius 3 is 2.56 bits per heavy atom. The van der Waals surface area contributed by atoms with E-state index in [9.17, 15) is 4.79 Å². The van der Waals surface area contributed by atoms with Gasteiger partial charge in [-0.15, -0.1) is 0 Å². The lowest BCUT2D eigenvalue weighted by atomic mass is 10.00. The van der Waals surface area contributed by atoms with Crippen LogP contribution < -0.4 is 9.80 Å². The highest BCUT2D eigenvalue weighted by Gasteiger charge is 2.21. The normalized spacial score (nSPS) is 13.1. The third-order valence-electron chi connectivity index (χ3n) is 4.96. The van der Waals surface area contributed by atoms with Crippen LogP contribution in [0, 0.1) is 0 Å². The topological polar surface area (TPSA) is 49.3 Å². The van der Waals surface area contributed by atoms with E-state index in [1.165, 1.54) is 17.5 Å². The van der Waals surface area contributed by atoms with Gasteiger partial charge in [-0.2, -0.15) is 0 Å². The van der Waals surface area contributed by atoms with E-state index in [2.05, 4.69) is 39.1 Å². The number of para-hydroxylation sites is 1. The summed E-state index contributed by atoms with van der Waals surface area (Å²) >= 11 is 0. The second kappa shape index (κ2) is 7.58. The van der Waals surface area contributed by atoms with Gasteiger partial charge < -0.3 is 9.80 Å². The lowest BCUT2D eigenvalue weighted by Gasteiger charge is -2.30. The Hall–Kier alpha value is -3.21. The van der Waals surface area contributed by atoms with Crippen LogP contribution in [0.3, 0.4) is 0 Å². The van der Waals surface area contributed by atoms with E-state index >= 15 is 0 Å². The molecular formula is C22H22N4O. The van der Waals surface area contributed by atoms with Gasteiger partial charge in [-0.3, -0.25) is 4.79 Å². The number of benzene rings is 2. The molecule has 0 fully saturated rings. The predicted octanol–water partition coefficient (Wildman–Crippen LogP) is 3.71. The molecule has 1 aliphatic rings. The van der Waals surface area contributed by atoms with Gasteiger partial charge in [-0.25, -0.2) is 9.97 Å². The Morgan fingerprint density at radius 2 is 1.78 bits per heavy atom. The molecule has 0 N–H and O–H groups in total. The molecule has 3 aromatic rings. The van der Waals surface area contributed by atoms with Crippen LogP contribution in [0.4, 0.5) is 11.5 Å². The van der Waals surface area contributed by atoms with Crippen molar-refractivity contribution in [3.63, 3.8) is 0 Å². The SMILES string of the molecule is CCN(C(=O)c1cc(N2CCc3ccccc3C2)ncn1)c1ccccc1. The van der Waals surface area contributed by atoms with Crippen molar-refractivity contribution >= 4 is 17.4 Å². The number of rotatable bonds is 4. The molecule has 0 spiro atoms. The first-order valence-corrected chi connectivity index (χ1v) is 9.27. The van der Waals surface area contributed by atoms with Gasteiger partial charge in [-0.05, 0) is 36.6 Å². The molecule has 0 aliphatic carbocycles. The molecule has 4 rings (SSSR count). The first-order valence-electron chi connectivity index (χ1n) is 9.27. The van der Waals surface area contributed by atoms with Crippen LogP contribution in [0.5, 0.6) is 0 Å². The highest BCUT2D eigenvalue weighted by atomic mass is 16.2. The predicted molar refractivity (Wildman–Crippen MR) is 107 cm³/mol. The molecule has 1 aromatic heterocycles. The van der Waals surface area contributed by atoms with Crippen LogP contribution in [0.25, 0.3) is 0 Å². The second-order valence-electron chi connectivity index (χ2n) is 6.59. The quantitative estimate of drug-likeness (QED) is 0.713. The molecule has 136 valence electrons. The average Bonchev–Trinajstić information content (AvgIpc) is 2.75. The van der Waals surface area contributed by atoms with Gasteiger partial charge in [0.2, 0.25) is 0 Å². The van der Waals surface area contributed by atoms with Crippen LogP contribution in [0.15, 0.2) is 67.0 Å². The minimum atomic E-state index is -0.107. The molecule has 0 saturated carbocycles. The molecule has 1 aliphatic heterocycles. The third kappa shape index (κ3) is 3.53. The fourth-order valence-electron chi connectivity index (χ4n) is 3.52. The minimum Gasteiger partial charge on any atom is -0.352 e. The largest absolute Gasteiger partial charge is 0.352 e. The number of aromatic nitrogens is 2. The van der Waals surface area contributed by atoms with Gasteiger partial charge in [0.15, 0.2) is 0 Å². The molecule has 0 bridgehead atoms. The summed E-state index contributed by atoms with van der Waals surface area (Å²) < 4.78 is 0. The minimum absolute atomic E-state index is 0.107. The van der Waals surface area contributed by atoms with Crippen LogP contribution in [0.1, 0.15) is 28.5 Å². The van der Waals surface area contributed by atoms with E-state index in [0.717, 1.165) is 31.0 Å². The second-order valence-corrected chi connectivity index (χ2v) is 6.59. The fourth-order valence-corrected chi connectivity index (χ4v) is 3.52. The Kier molecular flexibility index (Phi) is 4.83. The number of carbonyl (C=O) groups excluding carboxylic acids is 1. The molecule has 0 radical (unpaired) electrons. The van der Waals surface area contributed by atoms with Crippen LogP contribution in [0.2, 0.25) is 0 Å². The number of carbonyl (C=O) groups is 1. The number of hydrogen-bond acceptors (Lipinski definition) is 4. The number of anilines is 2. The zero-order chi connectivity index (χ0) is 18.6. The number of hydrogen-bond donors (Lipinski definition) is 0. The smallest absolute Gasteiger partial charge is 0.277 e. The molecule has 0 unspecified atom stereocenters. The van der Waals surface area contributed by atoms with Gasteiger partial charge in [0.05, 0.1) is 0 Å². The van der Waals surface area contributed by atoms with Crippen molar-refractivity contribution in [3.8, 4) is 0 Å². The summed E-state index contributed by atoms with van der Waals surface area (Å²) in [7, 11) is 0. The zero-order valence-electron chi connectivity index (χ0n) is 15.4. The first kappa shape index (κ1) is 17.2. The van der Waals surface area contributed by atoms with Crippen molar-refractivity contribution < 1.29 is 4.79 Å². The summed E-state index contributed by atoms with van der Waals surface area (Å²) in [5.41, 5.74) is 4.00. The Labute approximate surface area is 159 Å². The van der Waals surface area contributed by atoms with Crippen LogP contribution >= 0.6 is 0 Å². The van der Waals surface area contributed by atoms with Crippen LogP contribution in [-0.2, 0) is 13.0 Å². The van der Waals surface area contributed by atoms with Gasteiger partial charge in [0.1, 0.15) is 17.8 Å². The van der Waals surface area contributed by atoms with Crippen molar-refractivity contribution in [2.75, 3.05) is 22.9 Å². The van der Waals surface area contributed by atoms with E-state index in [1.807, 2.05) is 43.3 Å². The molecule has 0 atom stereocenters. The third-order valence-corrected chi connectivity index (χ3v) is 4.96. The van der Waals surface area contributed by atoms with Crippen molar-refractivity contribution in [2.24, 2.45) is 0 Å². The van der Waals surface area contributed by atoms with E-state index in [1.54, 1.807) is 4.90 Å². The maximum absolute atomic E-state index is 13.0. The standard InChI is InChI=1S/C22H22N4O/c1-2-26(19-10-4-3-5-11-19)22(27)20-14-21(24-16-23-20)25-13-12-17-8-6-7-9-18(17)15-25/h3-11,14,16H,2,12-13,15H2,1H3. The van der Waals surface area contributed by atoms with Gasteiger partial charge >= 0.3 is 0 Å². The number of amides is 1. The molecular weight excluding hydrogens is 336 g/mol. The van der Waals surface area contributed by atoms with Crippen LogP contribution in [-0.4, -0.2) is 29.0 Å². The summed E-state index contributed by atoms with van der Waals surface area (Å²) in [5.74, 6) is 0.691. The van der Waals surface area contributed by atoms with Crippen molar-refractivity contribution in [3.05, 3.63) is 83.8 Å². The molecule has 5 heteroatoms. The van der Waals surface area contributed by atoms with Crippen molar-refractivity contribution in [1.29, 1.82) is 0 Å². The number of nitrogens with zero attached hydrogens (tertiary/aromatic N) is 4. The first-order chi connectivity index (χ1) is 13.3. The van der Waals surface area contributed by atoms with Crippen molar-refractivity contribution in [2.45, 2.75) is 19.9 Å². The Balaban J connectivity index is 1.58. The maximum atomic E-state index is 13.0. The highest BCUT2D eigenvalue weighted by molar-refractivity contribution is 6.05. The average molecular weight is 358 g/mol. The molecule has 2 aromatic carbocycles. The lowest BCUT2D eigenvalue weighted by Crippen LogP contribution is -2.33. The van der Waals surface area contributed by atoms with Gasteiger partial charge in [0, 0.05) is 31.4 Å². The summed E-state index contributed by atoms with van der Waals surface area (Å²) in [4.78, 5) is 25.6. The van der Waals surface area contributed by atoms with E-state index < -0.39 is 0 Å². The molecule has 27 heavy (non-hydrogen) atoms. The van der Waals surface area contributed by atoms with E-state index in [4.69, 9.17) is 0 Å². The van der Waals surface area contributed by atoms with Gasteiger partial charge in [0.25, 0.3) is 5.91 Å². The van der Waals surface area contributed by atoms with E-state index in [0.29, 0.717) is 12.2 Å². The Bertz CT molecular complexity index is 942. The number of fused-ring (bicyclic) bond motifs is 1. The molecule has 5 nitrogen and oxygen atoms in total. The molecule has 1 amide bonds. The van der Waals surface area contributed by atoms with Crippen molar-refractivity contribution in [1.82, 2.24) is 9.97 Å². The summed E-state index contributed by atoms with van der Waals surface area (Å²) in [5, 5.41) is 0. The highest BCUT2D eigenvalue weighted by Crippen LogP contribution is 2.24. The van der Waals surface area contributed by atoms with Gasteiger partial charge in [-0.1, -0.05) is 42.5 Å². The maximum Gasteiger partial charge on any atom is 0.277 e. The lowest BCUT2D eigenvalue weighted by molar-refractivity contribution is 0.0983. The Morgan fingerprint density at radius 1 is 1.04 bits per heavy atom. The molecule has 2 heterocycles. The molecule has 0 saturated heterocycles.